The lowest BCUT2D eigenvalue weighted by atomic mass is 9.50. The molecule has 0 spiro atoms. The molecular weight excluding hydrogens is 418 g/mol. The fourth-order valence-electron chi connectivity index (χ4n) is 9.05. The van der Waals surface area contributed by atoms with Gasteiger partial charge in [0, 0.05) is 12.8 Å². The molecule has 8 fully saturated rings. The molecular formula is C25H34F2O5. The van der Waals surface area contributed by atoms with Crippen LogP contribution in [-0.4, -0.2) is 36.9 Å². The Bertz CT molecular complexity index is 751. The lowest BCUT2D eigenvalue weighted by Crippen LogP contribution is -2.57. The molecule has 0 aromatic carbocycles. The molecule has 6 atom stereocenters. The fraction of sp³-hybridized carbons (Fsp3) is 0.920. The Kier molecular flexibility index (Phi) is 5.09. The first kappa shape index (κ1) is 21.3. The van der Waals surface area contributed by atoms with Crippen molar-refractivity contribution in [3.8, 4) is 0 Å². The maximum absolute atomic E-state index is 13.5. The van der Waals surface area contributed by atoms with Crippen molar-refractivity contribution in [3.63, 3.8) is 0 Å². The summed E-state index contributed by atoms with van der Waals surface area (Å²) < 4.78 is 44.0. The molecule has 6 unspecified atom stereocenters. The van der Waals surface area contributed by atoms with E-state index >= 15 is 0 Å². The molecule has 8 bridgehead atoms. The first-order chi connectivity index (χ1) is 15.3. The lowest BCUT2D eigenvalue weighted by molar-refractivity contribution is -0.215. The van der Waals surface area contributed by atoms with Crippen LogP contribution in [0.15, 0.2) is 0 Å². The maximum Gasteiger partial charge on any atom is 0.376 e. The topological polar surface area (TPSA) is 61.8 Å². The summed E-state index contributed by atoms with van der Waals surface area (Å²) in [4.78, 5) is 25.0. The number of rotatable bonds is 6. The highest BCUT2D eigenvalue weighted by Crippen LogP contribution is 2.58. The van der Waals surface area contributed by atoms with Gasteiger partial charge in [-0.05, 0) is 99.2 Å². The standard InChI is InChI=1S/C25H34F2O5/c1-25(26,27)24(29)32-22-18-8-14-3-15(10-18)20(19(22)9-14)23(28)31-11-30-21-16-4-12-2-13(6-16)7-17(21)5-12/h12-22H,2-11H2,1H3. The third kappa shape index (κ3) is 3.57. The Morgan fingerprint density at radius 2 is 1.34 bits per heavy atom. The summed E-state index contributed by atoms with van der Waals surface area (Å²) in [5.74, 6) is -2.19. The maximum atomic E-state index is 13.5. The molecule has 7 heteroatoms. The second-order valence-electron chi connectivity index (χ2n) is 11.9. The van der Waals surface area contributed by atoms with Gasteiger partial charge in [0.15, 0.2) is 6.79 Å². The second-order valence-corrected chi connectivity index (χ2v) is 11.9. The van der Waals surface area contributed by atoms with Crippen molar-refractivity contribution in [1.82, 2.24) is 0 Å². The normalized spacial score (nSPS) is 48.2. The number of halogens is 2. The number of ether oxygens (including phenoxy) is 3. The van der Waals surface area contributed by atoms with E-state index in [2.05, 4.69) is 0 Å². The summed E-state index contributed by atoms with van der Waals surface area (Å²) in [6.45, 7) is 0.546. The van der Waals surface area contributed by atoms with E-state index in [4.69, 9.17) is 14.2 Å². The van der Waals surface area contributed by atoms with E-state index in [9.17, 15) is 18.4 Å². The highest BCUT2D eigenvalue weighted by atomic mass is 19.3. The molecule has 0 aliphatic heterocycles. The largest absolute Gasteiger partial charge is 0.457 e. The van der Waals surface area contributed by atoms with Crippen LogP contribution >= 0.6 is 0 Å². The summed E-state index contributed by atoms with van der Waals surface area (Å²) in [5.41, 5.74) is 0. The van der Waals surface area contributed by atoms with Crippen LogP contribution in [0, 0.1) is 53.3 Å². The first-order valence-electron chi connectivity index (χ1n) is 12.6. The minimum atomic E-state index is -3.52. The quantitative estimate of drug-likeness (QED) is 0.436. The Hall–Kier alpha value is -1.24. The number of hydrogen-bond donors (Lipinski definition) is 0. The summed E-state index contributed by atoms with van der Waals surface area (Å²) >= 11 is 0. The Balaban J connectivity index is 1.08. The summed E-state index contributed by atoms with van der Waals surface area (Å²) in [6, 6.07) is 0. The van der Waals surface area contributed by atoms with E-state index < -0.39 is 18.0 Å². The highest BCUT2D eigenvalue weighted by Gasteiger charge is 2.58. The predicted octanol–water partition coefficient (Wildman–Crippen LogP) is 4.58. The summed E-state index contributed by atoms with van der Waals surface area (Å²) in [7, 11) is 0. The zero-order valence-electron chi connectivity index (χ0n) is 18.7. The van der Waals surface area contributed by atoms with E-state index in [-0.39, 0.29) is 42.5 Å². The van der Waals surface area contributed by atoms with E-state index in [1.54, 1.807) is 0 Å². The van der Waals surface area contributed by atoms with Gasteiger partial charge in [0.25, 0.3) is 0 Å². The molecule has 0 radical (unpaired) electrons. The van der Waals surface area contributed by atoms with Gasteiger partial charge in [0.2, 0.25) is 0 Å². The van der Waals surface area contributed by atoms with E-state index in [1.807, 2.05) is 0 Å². The van der Waals surface area contributed by atoms with E-state index in [0.29, 0.717) is 24.7 Å². The molecule has 0 aromatic heterocycles. The zero-order chi connectivity index (χ0) is 22.2. The van der Waals surface area contributed by atoms with Gasteiger partial charge in [-0.1, -0.05) is 0 Å². The third-order valence-electron chi connectivity index (χ3n) is 9.81. The molecule has 0 heterocycles. The molecule has 178 valence electrons. The number of hydrogen-bond acceptors (Lipinski definition) is 5. The van der Waals surface area contributed by atoms with Crippen LogP contribution in [0.1, 0.15) is 64.7 Å². The minimum Gasteiger partial charge on any atom is -0.457 e. The van der Waals surface area contributed by atoms with Gasteiger partial charge in [-0.3, -0.25) is 4.79 Å². The van der Waals surface area contributed by atoms with Crippen molar-refractivity contribution in [3.05, 3.63) is 0 Å². The Morgan fingerprint density at radius 3 is 1.97 bits per heavy atom. The van der Waals surface area contributed by atoms with Crippen molar-refractivity contribution in [1.29, 1.82) is 0 Å². The van der Waals surface area contributed by atoms with Crippen molar-refractivity contribution >= 4 is 11.9 Å². The van der Waals surface area contributed by atoms with Crippen LogP contribution in [0.2, 0.25) is 0 Å². The van der Waals surface area contributed by atoms with E-state index in [0.717, 1.165) is 37.5 Å². The average molecular weight is 453 g/mol. The van der Waals surface area contributed by atoms with E-state index in [1.165, 1.54) is 32.1 Å². The lowest BCUT2D eigenvalue weighted by Gasteiger charge is -2.56. The summed E-state index contributed by atoms with van der Waals surface area (Å²) in [6.07, 6.45) is 9.34. The van der Waals surface area contributed by atoms with Gasteiger partial charge in [-0.2, -0.15) is 8.78 Å². The molecule has 8 rings (SSSR count). The van der Waals surface area contributed by atoms with Crippen LogP contribution in [0.5, 0.6) is 0 Å². The summed E-state index contributed by atoms with van der Waals surface area (Å²) in [5, 5.41) is 0. The molecule has 0 N–H and O–H groups in total. The van der Waals surface area contributed by atoms with Crippen LogP contribution in [0.3, 0.4) is 0 Å². The molecule has 0 aromatic rings. The van der Waals surface area contributed by atoms with Crippen molar-refractivity contribution in [2.75, 3.05) is 6.79 Å². The van der Waals surface area contributed by atoms with Crippen molar-refractivity contribution in [2.24, 2.45) is 53.3 Å². The molecule has 0 saturated heterocycles. The minimum absolute atomic E-state index is 0.0217. The smallest absolute Gasteiger partial charge is 0.376 e. The van der Waals surface area contributed by atoms with Gasteiger partial charge in [0.05, 0.1) is 12.0 Å². The third-order valence-corrected chi connectivity index (χ3v) is 9.81. The number of carbonyl (C=O) groups is 2. The van der Waals surface area contributed by atoms with Crippen LogP contribution in [0.25, 0.3) is 0 Å². The van der Waals surface area contributed by atoms with Gasteiger partial charge < -0.3 is 14.2 Å². The van der Waals surface area contributed by atoms with Crippen LogP contribution in [-0.2, 0) is 23.8 Å². The number of esters is 2. The van der Waals surface area contributed by atoms with Crippen LogP contribution < -0.4 is 0 Å². The van der Waals surface area contributed by atoms with Gasteiger partial charge in [0.1, 0.15) is 6.10 Å². The van der Waals surface area contributed by atoms with Crippen LogP contribution in [0.4, 0.5) is 8.78 Å². The molecule has 5 nitrogen and oxygen atoms in total. The van der Waals surface area contributed by atoms with Crippen molar-refractivity contribution < 1.29 is 32.6 Å². The average Bonchev–Trinajstić information content (AvgIpc) is 2.71. The Labute approximate surface area is 187 Å². The SMILES string of the molecule is CC(F)(F)C(=O)OC1C2CC3CC(C2)C(C(=O)OCOC2C4CC5CC(C4)CC2C5)C1C3. The van der Waals surface area contributed by atoms with Gasteiger partial charge in [-0.25, -0.2) is 4.79 Å². The second kappa shape index (κ2) is 7.64. The molecule has 8 aliphatic rings. The van der Waals surface area contributed by atoms with Gasteiger partial charge in [-0.15, -0.1) is 0 Å². The van der Waals surface area contributed by atoms with Gasteiger partial charge >= 0.3 is 17.9 Å². The fourth-order valence-corrected chi connectivity index (χ4v) is 9.05. The monoisotopic (exact) mass is 452 g/mol. The highest BCUT2D eigenvalue weighted by molar-refractivity contribution is 5.77. The molecule has 32 heavy (non-hydrogen) atoms. The van der Waals surface area contributed by atoms with Crippen molar-refractivity contribution in [2.45, 2.75) is 82.8 Å². The zero-order valence-corrected chi connectivity index (χ0v) is 18.7. The molecule has 8 saturated carbocycles. The predicted molar refractivity (Wildman–Crippen MR) is 109 cm³/mol. The Morgan fingerprint density at radius 1 is 0.781 bits per heavy atom. The number of alkyl halides is 2. The molecule has 0 amide bonds. The first-order valence-corrected chi connectivity index (χ1v) is 12.6. The molecule has 8 aliphatic carbocycles. The number of carbonyl (C=O) groups excluding carboxylic acids is 2.